The molecule has 25 heavy (non-hydrogen) atoms. The van der Waals surface area contributed by atoms with Crippen LogP contribution in [-0.2, 0) is 11.2 Å². The van der Waals surface area contributed by atoms with Crippen LogP contribution in [0, 0.1) is 0 Å². The second-order valence-electron chi connectivity index (χ2n) is 5.63. The summed E-state index contributed by atoms with van der Waals surface area (Å²) in [5.74, 6) is 1.30. The molecule has 1 atom stereocenters. The highest BCUT2D eigenvalue weighted by molar-refractivity contribution is 9.10. The number of benzene rings is 2. The summed E-state index contributed by atoms with van der Waals surface area (Å²) in [6.45, 7) is 6.92. The Hall–Kier alpha value is -2.01. The third-order valence-electron chi connectivity index (χ3n) is 3.74. The van der Waals surface area contributed by atoms with Crippen molar-refractivity contribution in [1.29, 1.82) is 0 Å². The molecule has 2 aromatic carbocycles. The van der Waals surface area contributed by atoms with Gasteiger partial charge in [-0.3, -0.25) is 4.79 Å². The summed E-state index contributed by atoms with van der Waals surface area (Å²) in [5, 5.41) is 3.03. The highest BCUT2D eigenvalue weighted by Crippen LogP contribution is 2.34. The van der Waals surface area contributed by atoms with Crippen LogP contribution in [0.15, 0.2) is 46.9 Å². The zero-order valence-electron chi connectivity index (χ0n) is 14.8. The van der Waals surface area contributed by atoms with Crippen LogP contribution in [0.5, 0.6) is 11.5 Å². The Bertz CT molecular complexity index is 704. The number of carbonyl (C=O) groups is 1. The van der Waals surface area contributed by atoms with Crippen LogP contribution >= 0.6 is 15.9 Å². The van der Waals surface area contributed by atoms with E-state index in [0.717, 1.165) is 15.6 Å². The van der Waals surface area contributed by atoms with E-state index in [2.05, 4.69) is 21.2 Å². The fourth-order valence-corrected chi connectivity index (χ4v) is 3.00. The number of hydrogen-bond donors (Lipinski definition) is 1. The quantitative estimate of drug-likeness (QED) is 0.693. The Kier molecular flexibility index (Phi) is 7.31. The first-order chi connectivity index (χ1) is 12.0. The van der Waals surface area contributed by atoms with Gasteiger partial charge < -0.3 is 14.8 Å². The van der Waals surface area contributed by atoms with Gasteiger partial charge in [0.2, 0.25) is 5.91 Å². The second-order valence-corrected chi connectivity index (χ2v) is 6.49. The van der Waals surface area contributed by atoms with Gasteiger partial charge in [0.25, 0.3) is 0 Å². The lowest BCUT2D eigenvalue weighted by Crippen LogP contribution is -2.28. The molecule has 134 valence electrons. The Morgan fingerprint density at radius 1 is 1.08 bits per heavy atom. The maximum Gasteiger partial charge on any atom is 0.224 e. The lowest BCUT2D eigenvalue weighted by atomic mass is 10.1. The number of amides is 1. The van der Waals surface area contributed by atoms with Gasteiger partial charge in [-0.25, -0.2) is 0 Å². The van der Waals surface area contributed by atoms with Gasteiger partial charge in [-0.15, -0.1) is 0 Å². The first-order valence-electron chi connectivity index (χ1n) is 8.47. The van der Waals surface area contributed by atoms with E-state index in [9.17, 15) is 4.79 Å². The van der Waals surface area contributed by atoms with Gasteiger partial charge in [-0.05, 0) is 44.0 Å². The van der Waals surface area contributed by atoms with Crippen molar-refractivity contribution in [2.45, 2.75) is 33.2 Å². The Morgan fingerprint density at radius 3 is 2.28 bits per heavy atom. The molecule has 0 aliphatic carbocycles. The number of hydrogen-bond acceptors (Lipinski definition) is 3. The molecule has 0 radical (unpaired) electrons. The minimum atomic E-state index is -0.0402. The van der Waals surface area contributed by atoms with Crippen molar-refractivity contribution in [3.05, 3.63) is 58.1 Å². The zero-order valence-corrected chi connectivity index (χ0v) is 16.4. The molecule has 1 amide bonds. The summed E-state index contributed by atoms with van der Waals surface area (Å²) in [6.07, 6.45) is 0.268. The summed E-state index contributed by atoms with van der Waals surface area (Å²) in [7, 11) is 0. The molecule has 2 rings (SSSR count). The highest BCUT2D eigenvalue weighted by atomic mass is 79.9. The molecule has 0 fully saturated rings. The topological polar surface area (TPSA) is 47.6 Å². The molecule has 1 N–H and O–H groups in total. The fourth-order valence-electron chi connectivity index (χ4n) is 2.54. The molecule has 0 aromatic heterocycles. The Labute approximate surface area is 157 Å². The molecule has 5 heteroatoms. The SMILES string of the molecule is CCOc1cc(Br)c(CC(=O)NC(C)c2ccccc2)cc1OCC. The summed E-state index contributed by atoms with van der Waals surface area (Å²) < 4.78 is 12.1. The van der Waals surface area contributed by atoms with E-state index in [4.69, 9.17) is 9.47 Å². The number of ether oxygens (including phenoxy) is 2. The predicted octanol–water partition coefficient (Wildman–Crippen LogP) is 4.67. The third-order valence-corrected chi connectivity index (χ3v) is 4.48. The van der Waals surface area contributed by atoms with Crippen molar-refractivity contribution in [3.8, 4) is 11.5 Å². The molecule has 0 bridgehead atoms. The Balaban J connectivity index is 2.10. The van der Waals surface area contributed by atoms with E-state index in [-0.39, 0.29) is 18.4 Å². The molecule has 0 saturated heterocycles. The van der Waals surface area contributed by atoms with Gasteiger partial charge >= 0.3 is 0 Å². The average molecular weight is 406 g/mol. The lowest BCUT2D eigenvalue weighted by Gasteiger charge is -2.16. The van der Waals surface area contributed by atoms with Crippen molar-refractivity contribution in [2.75, 3.05) is 13.2 Å². The summed E-state index contributed by atoms with van der Waals surface area (Å²) in [4.78, 5) is 12.4. The number of halogens is 1. The zero-order chi connectivity index (χ0) is 18.2. The molecule has 0 saturated carbocycles. The molecule has 0 heterocycles. The maximum atomic E-state index is 12.4. The van der Waals surface area contributed by atoms with Crippen molar-refractivity contribution in [1.82, 2.24) is 5.32 Å². The van der Waals surface area contributed by atoms with Crippen LogP contribution in [-0.4, -0.2) is 19.1 Å². The average Bonchev–Trinajstić information content (AvgIpc) is 2.60. The smallest absolute Gasteiger partial charge is 0.224 e. The van der Waals surface area contributed by atoms with Crippen LogP contribution in [0.3, 0.4) is 0 Å². The van der Waals surface area contributed by atoms with Gasteiger partial charge in [0, 0.05) is 4.47 Å². The molecule has 0 aliphatic rings. The molecule has 1 unspecified atom stereocenters. The molecule has 0 spiro atoms. The summed E-state index contributed by atoms with van der Waals surface area (Å²) >= 11 is 3.53. The molecule has 0 aliphatic heterocycles. The van der Waals surface area contributed by atoms with Crippen molar-refractivity contribution in [2.24, 2.45) is 0 Å². The number of nitrogens with one attached hydrogen (secondary N) is 1. The monoisotopic (exact) mass is 405 g/mol. The van der Waals surface area contributed by atoms with Gasteiger partial charge in [0.1, 0.15) is 0 Å². The molecule has 4 nitrogen and oxygen atoms in total. The predicted molar refractivity (Wildman–Crippen MR) is 103 cm³/mol. The van der Waals surface area contributed by atoms with Crippen molar-refractivity contribution < 1.29 is 14.3 Å². The van der Waals surface area contributed by atoms with Crippen LogP contribution in [0.25, 0.3) is 0 Å². The largest absolute Gasteiger partial charge is 0.490 e. The first-order valence-corrected chi connectivity index (χ1v) is 9.26. The van der Waals surface area contributed by atoms with E-state index in [1.54, 1.807) is 0 Å². The van der Waals surface area contributed by atoms with Crippen LogP contribution in [0.4, 0.5) is 0 Å². The summed E-state index contributed by atoms with van der Waals surface area (Å²) in [5.41, 5.74) is 1.95. The van der Waals surface area contributed by atoms with Crippen molar-refractivity contribution >= 4 is 21.8 Å². The van der Waals surface area contributed by atoms with Crippen LogP contribution in [0.2, 0.25) is 0 Å². The highest BCUT2D eigenvalue weighted by Gasteiger charge is 2.15. The standard InChI is InChI=1S/C20H24BrNO3/c1-4-24-18-11-16(17(21)13-19(18)25-5-2)12-20(23)22-14(3)15-9-7-6-8-10-15/h6-11,13-14H,4-5,12H2,1-3H3,(H,22,23). The number of carbonyl (C=O) groups excluding carboxylic acids is 1. The van der Waals surface area contributed by atoms with Gasteiger partial charge in [-0.2, -0.15) is 0 Å². The lowest BCUT2D eigenvalue weighted by molar-refractivity contribution is -0.121. The Morgan fingerprint density at radius 2 is 1.68 bits per heavy atom. The van der Waals surface area contributed by atoms with E-state index in [1.165, 1.54) is 0 Å². The number of rotatable bonds is 8. The maximum absolute atomic E-state index is 12.4. The van der Waals surface area contributed by atoms with E-state index in [1.807, 2.05) is 63.2 Å². The van der Waals surface area contributed by atoms with E-state index < -0.39 is 0 Å². The third kappa shape index (κ3) is 5.49. The minimum Gasteiger partial charge on any atom is -0.490 e. The minimum absolute atomic E-state index is 0.0383. The van der Waals surface area contributed by atoms with Gasteiger partial charge in [0.05, 0.1) is 25.7 Å². The van der Waals surface area contributed by atoms with E-state index in [0.29, 0.717) is 24.7 Å². The van der Waals surface area contributed by atoms with E-state index >= 15 is 0 Å². The molecular weight excluding hydrogens is 382 g/mol. The summed E-state index contributed by atoms with van der Waals surface area (Å²) in [6, 6.07) is 13.6. The van der Waals surface area contributed by atoms with Crippen LogP contribution < -0.4 is 14.8 Å². The van der Waals surface area contributed by atoms with Gasteiger partial charge in [-0.1, -0.05) is 46.3 Å². The van der Waals surface area contributed by atoms with Crippen molar-refractivity contribution in [3.63, 3.8) is 0 Å². The first kappa shape index (κ1) is 19.3. The molecular formula is C20H24BrNO3. The molecule has 2 aromatic rings. The second kappa shape index (κ2) is 9.47. The normalized spacial score (nSPS) is 11.7. The van der Waals surface area contributed by atoms with Crippen LogP contribution in [0.1, 0.15) is 37.9 Å². The van der Waals surface area contributed by atoms with Gasteiger partial charge in [0.15, 0.2) is 11.5 Å². The fraction of sp³-hybridized carbons (Fsp3) is 0.350.